The number of rotatable bonds is 10. The summed E-state index contributed by atoms with van der Waals surface area (Å²) < 4.78 is 74.6. The number of aryl methyl sites for hydroxylation is 5. The zero-order valence-corrected chi connectivity index (χ0v) is 27.1. The van der Waals surface area contributed by atoms with Crippen LogP contribution in [0.4, 0.5) is 0 Å². The summed E-state index contributed by atoms with van der Waals surface area (Å²) >= 11 is 0. The third-order valence-electron chi connectivity index (χ3n) is 7.31. The van der Waals surface area contributed by atoms with E-state index in [0.29, 0.717) is 11.3 Å². The van der Waals surface area contributed by atoms with Crippen molar-refractivity contribution >= 4 is 26.0 Å². The highest BCUT2D eigenvalue weighted by molar-refractivity contribution is 7.86. The van der Waals surface area contributed by atoms with Crippen LogP contribution in [0.3, 0.4) is 0 Å². The Balaban J connectivity index is 1.74. The van der Waals surface area contributed by atoms with Crippen molar-refractivity contribution in [1.82, 2.24) is 0 Å². The molecule has 9 nitrogen and oxygen atoms in total. The third-order valence-corrected chi connectivity index (χ3v) is 9.29. The Labute approximate surface area is 258 Å². The lowest BCUT2D eigenvalue weighted by molar-refractivity contribution is 0.103. The Morgan fingerprint density at radius 1 is 0.682 bits per heavy atom. The van der Waals surface area contributed by atoms with E-state index >= 15 is 0 Å². The number of carbonyl (C=O) groups excluding carboxylic acids is 1. The minimum atomic E-state index is -4.33. The van der Waals surface area contributed by atoms with Crippen molar-refractivity contribution in [3.8, 4) is 28.4 Å². The Morgan fingerprint density at radius 3 is 1.68 bits per heavy atom. The van der Waals surface area contributed by atoms with Crippen LogP contribution in [-0.4, -0.2) is 41.4 Å². The molecule has 0 aliphatic rings. The summed E-state index contributed by atoms with van der Waals surface area (Å²) in [5.74, 6) is 0.0372. The molecule has 0 radical (unpaired) electrons. The van der Waals surface area contributed by atoms with Crippen molar-refractivity contribution < 1.29 is 39.8 Å². The highest BCUT2D eigenvalue weighted by Crippen LogP contribution is 2.38. The Bertz CT molecular complexity index is 1950. The van der Waals surface area contributed by atoms with Gasteiger partial charge in [-0.1, -0.05) is 12.1 Å². The van der Waals surface area contributed by atoms with E-state index in [1.165, 1.54) is 30.3 Å². The number of ether oxygens (including phenoxy) is 2. The molecule has 0 spiro atoms. The molecule has 4 rings (SSSR count). The lowest BCUT2D eigenvalue weighted by Crippen LogP contribution is -2.10. The smallest absolute Gasteiger partial charge is 0.300 e. The number of hydrogen-bond acceptors (Lipinski definition) is 8. The first-order chi connectivity index (χ1) is 20.5. The molecule has 0 fully saturated rings. The average Bonchev–Trinajstić information content (AvgIpc) is 2.94. The summed E-state index contributed by atoms with van der Waals surface area (Å²) in [6.07, 6.45) is 0. The Kier molecular flexibility index (Phi) is 9.36. The number of benzene rings is 4. The lowest BCUT2D eigenvalue weighted by Gasteiger charge is -2.18. The first-order valence-electron chi connectivity index (χ1n) is 13.5. The molecule has 0 saturated carbocycles. The fourth-order valence-electron chi connectivity index (χ4n) is 5.18. The first kappa shape index (κ1) is 32.9. The van der Waals surface area contributed by atoms with Gasteiger partial charge in [0, 0.05) is 11.1 Å². The molecule has 0 unspecified atom stereocenters. The van der Waals surface area contributed by atoms with Crippen LogP contribution in [0.1, 0.15) is 49.3 Å². The van der Waals surface area contributed by atoms with Crippen LogP contribution in [0.15, 0.2) is 65.6 Å². The van der Waals surface area contributed by atoms with Crippen molar-refractivity contribution in [3.05, 3.63) is 105 Å². The molecule has 0 aromatic heterocycles. The molecule has 44 heavy (non-hydrogen) atoms. The molecule has 0 bridgehead atoms. The molecule has 4 aromatic rings. The monoisotopic (exact) mass is 638 g/mol. The predicted molar refractivity (Wildman–Crippen MR) is 168 cm³/mol. The van der Waals surface area contributed by atoms with Gasteiger partial charge < -0.3 is 9.47 Å². The Hall–Kier alpha value is -4.03. The molecule has 0 aliphatic heterocycles. The van der Waals surface area contributed by atoms with Gasteiger partial charge in [0.25, 0.3) is 20.2 Å². The minimum Gasteiger partial charge on any atom is -0.496 e. The van der Waals surface area contributed by atoms with E-state index in [2.05, 4.69) is 0 Å². The SMILES string of the molecule is COc1c(C)cc(-c2cc(C)c(Oc3ccc(C(=O)c4ccc(C)c(CS(=O)(=O)O)c4)cc3S(=O)(=O)OC)c(C)c2)cc1C. The maximum atomic E-state index is 13.4. The molecule has 11 heteroatoms. The van der Waals surface area contributed by atoms with Gasteiger partial charge in [0.1, 0.15) is 27.9 Å². The summed E-state index contributed by atoms with van der Waals surface area (Å²) in [4.78, 5) is 13.0. The quantitative estimate of drug-likeness (QED) is 0.115. The second kappa shape index (κ2) is 12.5. The maximum Gasteiger partial charge on any atom is 0.300 e. The predicted octanol–water partition coefficient (Wildman–Crippen LogP) is 6.65. The number of carbonyl (C=O) groups is 1. The van der Waals surface area contributed by atoms with Gasteiger partial charge in [-0.05, 0) is 128 Å². The first-order valence-corrected chi connectivity index (χ1v) is 16.5. The summed E-state index contributed by atoms with van der Waals surface area (Å²) in [7, 11) is -6.00. The molecule has 0 amide bonds. The van der Waals surface area contributed by atoms with Crippen LogP contribution >= 0.6 is 0 Å². The van der Waals surface area contributed by atoms with Crippen molar-refractivity contribution in [1.29, 1.82) is 0 Å². The third kappa shape index (κ3) is 7.02. The standard InChI is InChI=1S/C33H34O9S2/c1-19-8-9-24(16-28(19)18-43(35,36)37)31(34)25-10-11-29(30(17-25)44(38,39)41-7)42-33-22(4)14-27(15-23(33)5)26-12-20(2)32(40-6)21(3)13-26/h8-17H,18H2,1-7H3,(H,35,36,37). The number of methoxy groups -OCH3 is 1. The zero-order valence-electron chi connectivity index (χ0n) is 25.5. The minimum absolute atomic E-state index is 0.0173. The summed E-state index contributed by atoms with van der Waals surface area (Å²) in [5.41, 5.74) is 6.44. The molecular formula is C33H34O9S2. The number of hydrogen-bond donors (Lipinski definition) is 1. The van der Waals surface area contributed by atoms with Crippen LogP contribution in [-0.2, 0) is 30.2 Å². The second-order valence-electron chi connectivity index (χ2n) is 10.7. The molecule has 0 atom stereocenters. The van der Waals surface area contributed by atoms with Crippen molar-refractivity contribution in [2.45, 2.75) is 45.3 Å². The van der Waals surface area contributed by atoms with Crippen LogP contribution in [0.25, 0.3) is 11.1 Å². The van der Waals surface area contributed by atoms with Gasteiger partial charge in [-0.25, -0.2) is 0 Å². The van der Waals surface area contributed by atoms with Gasteiger partial charge in [-0.2, -0.15) is 16.8 Å². The molecule has 0 heterocycles. The van der Waals surface area contributed by atoms with E-state index in [9.17, 15) is 26.2 Å². The van der Waals surface area contributed by atoms with Crippen molar-refractivity contribution in [3.63, 3.8) is 0 Å². The summed E-state index contributed by atoms with van der Waals surface area (Å²) in [6.45, 7) is 9.34. The number of ketones is 1. The maximum absolute atomic E-state index is 13.4. The molecule has 0 saturated heterocycles. The normalized spacial score (nSPS) is 11.8. The van der Waals surface area contributed by atoms with Gasteiger partial charge in [0.2, 0.25) is 0 Å². The van der Waals surface area contributed by atoms with E-state index < -0.39 is 31.8 Å². The van der Waals surface area contributed by atoms with Gasteiger partial charge in [-0.15, -0.1) is 0 Å². The largest absolute Gasteiger partial charge is 0.496 e. The highest BCUT2D eigenvalue weighted by atomic mass is 32.2. The van der Waals surface area contributed by atoms with Crippen molar-refractivity contribution in [2.75, 3.05) is 14.2 Å². The van der Waals surface area contributed by atoms with E-state index in [4.69, 9.17) is 13.7 Å². The topological polar surface area (TPSA) is 133 Å². The molecule has 4 aromatic carbocycles. The molecule has 1 N–H and O–H groups in total. The molecule has 232 valence electrons. The summed E-state index contributed by atoms with van der Waals surface area (Å²) in [6, 6.07) is 16.4. The fraction of sp³-hybridized carbons (Fsp3) is 0.242. The highest BCUT2D eigenvalue weighted by Gasteiger charge is 2.24. The molecule has 0 aliphatic carbocycles. The van der Waals surface area contributed by atoms with Gasteiger partial charge in [0.15, 0.2) is 5.78 Å². The fourth-order valence-corrected chi connectivity index (χ4v) is 6.69. The van der Waals surface area contributed by atoms with E-state index in [1.54, 1.807) is 20.1 Å². The lowest BCUT2D eigenvalue weighted by atomic mass is 9.96. The van der Waals surface area contributed by atoms with Gasteiger partial charge in [0.05, 0.1) is 14.2 Å². The van der Waals surface area contributed by atoms with Crippen LogP contribution in [0, 0.1) is 34.6 Å². The second-order valence-corrected chi connectivity index (χ2v) is 13.8. The van der Waals surface area contributed by atoms with E-state index in [0.717, 1.165) is 46.2 Å². The van der Waals surface area contributed by atoms with Gasteiger partial charge >= 0.3 is 0 Å². The molecular weight excluding hydrogens is 604 g/mol. The van der Waals surface area contributed by atoms with Crippen LogP contribution in [0.2, 0.25) is 0 Å². The average molecular weight is 639 g/mol. The Morgan fingerprint density at radius 2 is 1.18 bits per heavy atom. The van der Waals surface area contributed by atoms with Crippen molar-refractivity contribution in [2.24, 2.45) is 0 Å². The zero-order chi connectivity index (χ0) is 32.6. The van der Waals surface area contributed by atoms with Crippen LogP contribution < -0.4 is 9.47 Å². The van der Waals surface area contributed by atoms with Gasteiger partial charge in [-0.3, -0.25) is 13.5 Å². The van der Waals surface area contributed by atoms with E-state index in [-0.39, 0.29) is 27.3 Å². The van der Waals surface area contributed by atoms with Crippen LogP contribution in [0.5, 0.6) is 17.2 Å². The van der Waals surface area contributed by atoms with E-state index in [1.807, 2.05) is 52.0 Å². The summed E-state index contributed by atoms with van der Waals surface area (Å²) in [5, 5.41) is 0.